The SMILES string of the molecule is CSCCC(NC(=O)COc1ccccc1)C(=O)NCCOc1cccc(C)c1. The van der Waals surface area contributed by atoms with Crippen LogP contribution in [-0.2, 0) is 9.59 Å². The maximum atomic E-state index is 12.5. The molecular formula is C22H28N2O4S. The first-order chi connectivity index (χ1) is 14.1. The van der Waals surface area contributed by atoms with Crippen LogP contribution in [0.3, 0.4) is 0 Å². The van der Waals surface area contributed by atoms with E-state index in [0.29, 0.717) is 25.3 Å². The van der Waals surface area contributed by atoms with Crippen LogP contribution in [0, 0.1) is 6.92 Å². The summed E-state index contributed by atoms with van der Waals surface area (Å²) in [7, 11) is 0. The number of thioether (sulfide) groups is 1. The molecule has 156 valence electrons. The van der Waals surface area contributed by atoms with Gasteiger partial charge in [0.15, 0.2) is 6.61 Å². The van der Waals surface area contributed by atoms with Crippen LogP contribution in [0.1, 0.15) is 12.0 Å². The predicted molar refractivity (Wildman–Crippen MR) is 117 cm³/mol. The summed E-state index contributed by atoms with van der Waals surface area (Å²) in [5.41, 5.74) is 1.11. The van der Waals surface area contributed by atoms with Crippen LogP contribution < -0.4 is 20.1 Å². The number of hydrogen-bond acceptors (Lipinski definition) is 5. The molecule has 1 atom stereocenters. The van der Waals surface area contributed by atoms with Gasteiger partial charge >= 0.3 is 0 Å². The molecule has 2 aromatic carbocycles. The van der Waals surface area contributed by atoms with Crippen molar-refractivity contribution in [2.75, 3.05) is 31.8 Å². The molecule has 0 saturated heterocycles. The lowest BCUT2D eigenvalue weighted by molar-refractivity contribution is -0.130. The molecule has 0 fully saturated rings. The molecule has 2 amide bonds. The van der Waals surface area contributed by atoms with Crippen molar-refractivity contribution in [2.24, 2.45) is 0 Å². The Bertz CT molecular complexity index is 770. The molecule has 0 aromatic heterocycles. The van der Waals surface area contributed by atoms with Gasteiger partial charge in [-0.2, -0.15) is 11.8 Å². The molecule has 0 bridgehead atoms. The average molecular weight is 417 g/mol. The summed E-state index contributed by atoms with van der Waals surface area (Å²) in [5, 5.41) is 5.58. The predicted octanol–water partition coefficient (Wildman–Crippen LogP) is 2.81. The molecule has 0 aliphatic heterocycles. The Labute approximate surface area is 176 Å². The Kier molecular flexibility index (Phi) is 9.92. The van der Waals surface area contributed by atoms with E-state index in [-0.39, 0.29) is 18.4 Å². The van der Waals surface area contributed by atoms with Crippen molar-refractivity contribution in [3.8, 4) is 11.5 Å². The molecule has 0 aliphatic carbocycles. The first kappa shape index (κ1) is 22.6. The number of benzene rings is 2. The molecule has 0 aliphatic rings. The molecule has 0 radical (unpaired) electrons. The maximum absolute atomic E-state index is 12.5. The minimum absolute atomic E-state index is 0.135. The van der Waals surface area contributed by atoms with Crippen molar-refractivity contribution in [1.29, 1.82) is 0 Å². The minimum atomic E-state index is -0.603. The van der Waals surface area contributed by atoms with E-state index in [1.807, 2.05) is 55.6 Å². The number of para-hydroxylation sites is 1. The topological polar surface area (TPSA) is 76.7 Å². The molecule has 0 saturated carbocycles. The summed E-state index contributed by atoms with van der Waals surface area (Å²) in [6, 6.07) is 16.2. The van der Waals surface area contributed by atoms with Gasteiger partial charge in [-0.1, -0.05) is 30.3 Å². The lowest BCUT2D eigenvalue weighted by atomic mass is 10.2. The highest BCUT2D eigenvalue weighted by Gasteiger charge is 2.20. The van der Waals surface area contributed by atoms with E-state index in [0.717, 1.165) is 17.1 Å². The Balaban J connectivity index is 1.76. The van der Waals surface area contributed by atoms with Crippen LogP contribution in [-0.4, -0.2) is 49.6 Å². The Morgan fingerprint density at radius 2 is 1.79 bits per heavy atom. The second-order valence-electron chi connectivity index (χ2n) is 6.46. The Morgan fingerprint density at radius 1 is 1.03 bits per heavy atom. The number of carbonyl (C=O) groups excluding carboxylic acids is 2. The zero-order chi connectivity index (χ0) is 20.9. The minimum Gasteiger partial charge on any atom is -0.492 e. The fourth-order valence-electron chi connectivity index (χ4n) is 2.58. The third-order valence-corrected chi connectivity index (χ3v) is 4.68. The summed E-state index contributed by atoms with van der Waals surface area (Å²) in [6.45, 7) is 2.58. The van der Waals surface area contributed by atoms with Crippen molar-refractivity contribution in [3.63, 3.8) is 0 Å². The summed E-state index contributed by atoms with van der Waals surface area (Å²) in [5.74, 6) is 1.59. The van der Waals surface area contributed by atoms with Crippen LogP contribution in [0.15, 0.2) is 54.6 Å². The Hall–Kier alpha value is -2.67. The molecule has 0 heterocycles. The molecule has 6 nitrogen and oxygen atoms in total. The second kappa shape index (κ2) is 12.7. The summed E-state index contributed by atoms with van der Waals surface area (Å²) >= 11 is 1.62. The van der Waals surface area contributed by atoms with Crippen molar-refractivity contribution >= 4 is 23.6 Å². The fourth-order valence-corrected chi connectivity index (χ4v) is 3.05. The number of amides is 2. The third kappa shape index (κ3) is 8.91. The lowest BCUT2D eigenvalue weighted by Crippen LogP contribution is -2.49. The van der Waals surface area contributed by atoms with Crippen LogP contribution in [0.25, 0.3) is 0 Å². The molecule has 1 unspecified atom stereocenters. The molecule has 29 heavy (non-hydrogen) atoms. The smallest absolute Gasteiger partial charge is 0.258 e. The van der Waals surface area contributed by atoms with Crippen LogP contribution in [0.2, 0.25) is 0 Å². The standard InChI is InChI=1S/C22H28N2O4S/c1-17-7-6-10-19(15-17)27-13-12-23-22(26)20(11-14-29-2)24-21(25)16-28-18-8-4-3-5-9-18/h3-10,15,20H,11-14,16H2,1-2H3,(H,23,26)(H,24,25). The zero-order valence-corrected chi connectivity index (χ0v) is 17.7. The van der Waals surface area contributed by atoms with Crippen molar-refractivity contribution in [3.05, 3.63) is 60.2 Å². The molecule has 2 aromatic rings. The number of nitrogens with one attached hydrogen (secondary N) is 2. The van der Waals surface area contributed by atoms with Gasteiger partial charge in [0.25, 0.3) is 5.91 Å². The number of hydrogen-bond donors (Lipinski definition) is 2. The largest absolute Gasteiger partial charge is 0.492 e. The first-order valence-electron chi connectivity index (χ1n) is 9.52. The van der Waals surface area contributed by atoms with Gasteiger partial charge in [0.1, 0.15) is 24.1 Å². The van der Waals surface area contributed by atoms with Crippen LogP contribution >= 0.6 is 11.8 Å². The van der Waals surface area contributed by atoms with Gasteiger partial charge in [-0.25, -0.2) is 0 Å². The monoisotopic (exact) mass is 416 g/mol. The van der Waals surface area contributed by atoms with Gasteiger partial charge in [-0.3, -0.25) is 9.59 Å². The molecular weight excluding hydrogens is 388 g/mol. The summed E-state index contributed by atoms with van der Waals surface area (Å²) in [6.07, 6.45) is 2.51. The molecule has 7 heteroatoms. The highest BCUT2D eigenvalue weighted by molar-refractivity contribution is 7.98. The summed E-state index contributed by atoms with van der Waals surface area (Å²) < 4.78 is 11.1. The Morgan fingerprint density at radius 3 is 2.52 bits per heavy atom. The van der Waals surface area contributed by atoms with Crippen molar-refractivity contribution in [2.45, 2.75) is 19.4 Å². The van der Waals surface area contributed by atoms with Gasteiger partial charge < -0.3 is 20.1 Å². The van der Waals surface area contributed by atoms with Gasteiger partial charge in [0.05, 0.1) is 6.54 Å². The quantitative estimate of drug-likeness (QED) is 0.521. The van der Waals surface area contributed by atoms with Crippen molar-refractivity contribution in [1.82, 2.24) is 10.6 Å². The van der Waals surface area contributed by atoms with Gasteiger partial charge in [0.2, 0.25) is 5.91 Å². The number of aryl methyl sites for hydroxylation is 1. The van der Waals surface area contributed by atoms with Gasteiger partial charge in [-0.05, 0) is 55.2 Å². The lowest BCUT2D eigenvalue weighted by Gasteiger charge is -2.18. The number of ether oxygens (including phenoxy) is 2. The molecule has 2 N–H and O–H groups in total. The zero-order valence-electron chi connectivity index (χ0n) is 16.9. The third-order valence-electron chi connectivity index (χ3n) is 4.04. The van der Waals surface area contributed by atoms with Crippen molar-refractivity contribution < 1.29 is 19.1 Å². The van der Waals surface area contributed by atoms with Gasteiger partial charge in [-0.15, -0.1) is 0 Å². The average Bonchev–Trinajstić information content (AvgIpc) is 2.73. The van der Waals surface area contributed by atoms with E-state index in [4.69, 9.17) is 9.47 Å². The van der Waals surface area contributed by atoms with E-state index < -0.39 is 6.04 Å². The normalized spacial score (nSPS) is 11.4. The van der Waals surface area contributed by atoms with Crippen LogP contribution in [0.5, 0.6) is 11.5 Å². The highest BCUT2D eigenvalue weighted by Crippen LogP contribution is 2.12. The van der Waals surface area contributed by atoms with E-state index in [9.17, 15) is 9.59 Å². The maximum Gasteiger partial charge on any atom is 0.258 e. The second-order valence-corrected chi connectivity index (χ2v) is 7.44. The molecule has 0 spiro atoms. The van der Waals surface area contributed by atoms with Gasteiger partial charge in [0, 0.05) is 0 Å². The van der Waals surface area contributed by atoms with Crippen LogP contribution in [0.4, 0.5) is 0 Å². The fraction of sp³-hybridized carbons (Fsp3) is 0.364. The van der Waals surface area contributed by atoms with E-state index in [2.05, 4.69) is 10.6 Å². The van der Waals surface area contributed by atoms with E-state index in [1.165, 1.54) is 0 Å². The first-order valence-corrected chi connectivity index (χ1v) is 10.9. The highest BCUT2D eigenvalue weighted by atomic mass is 32.2. The summed E-state index contributed by atoms with van der Waals surface area (Å²) in [4.78, 5) is 24.7. The van der Waals surface area contributed by atoms with E-state index in [1.54, 1.807) is 23.9 Å². The number of rotatable bonds is 12. The number of carbonyl (C=O) groups is 2. The molecule has 2 rings (SSSR count). The van der Waals surface area contributed by atoms with E-state index >= 15 is 0 Å².